The molecule has 126 valence electrons. The molecule has 0 aromatic heterocycles. The van der Waals surface area contributed by atoms with Crippen LogP contribution in [-0.2, 0) is 0 Å². The molecule has 0 bridgehead atoms. The van der Waals surface area contributed by atoms with Crippen molar-refractivity contribution in [3.05, 3.63) is 91.0 Å². The maximum absolute atomic E-state index is 2.34. The minimum atomic E-state index is -1.94. The van der Waals surface area contributed by atoms with Gasteiger partial charge in [0.25, 0.3) is 0 Å². The summed E-state index contributed by atoms with van der Waals surface area (Å²) in [5.41, 5.74) is 0. The molecule has 0 saturated heterocycles. The molecule has 0 atom stereocenters. The summed E-state index contributed by atoms with van der Waals surface area (Å²) in [6, 6.07) is 33.5. The Labute approximate surface area is 163 Å². The molecule has 0 nitrogen and oxygen atoms in total. The van der Waals surface area contributed by atoms with Gasteiger partial charge in [0.1, 0.15) is 0 Å². The zero-order valence-electron chi connectivity index (χ0n) is 14.2. The molecule has 0 saturated carbocycles. The van der Waals surface area contributed by atoms with E-state index in [0.717, 1.165) is 0 Å². The van der Waals surface area contributed by atoms with Crippen LogP contribution < -0.4 is 15.9 Å². The number of hydrogen-bond donors (Lipinski definition) is 0. The Balaban J connectivity index is 0.00000208. The molecule has 3 aromatic rings. The molecule has 24 heavy (non-hydrogen) atoms. The molecule has 3 aromatic carbocycles. The molecule has 0 N–H and O–H groups in total. The van der Waals surface area contributed by atoms with E-state index in [9.17, 15) is 0 Å². The molecule has 3 rings (SSSR count). The molecule has 0 radical (unpaired) electrons. The Morgan fingerprint density at radius 1 is 0.583 bits per heavy atom. The molecule has 0 aliphatic heterocycles. The average Bonchev–Trinajstić information content (AvgIpc) is 2.65. The van der Waals surface area contributed by atoms with E-state index in [1.165, 1.54) is 34.9 Å². The summed E-state index contributed by atoms with van der Waals surface area (Å²) in [5, 5.41) is 4.56. The third kappa shape index (κ3) is 3.90. The van der Waals surface area contributed by atoms with E-state index in [0.29, 0.717) is 0 Å². The summed E-state index contributed by atoms with van der Waals surface area (Å²) in [6.45, 7) is 2.29. The molecule has 0 aliphatic carbocycles. The summed E-state index contributed by atoms with van der Waals surface area (Å²) >= 11 is 0. The Hall–Kier alpha value is -1.18. The summed E-state index contributed by atoms with van der Waals surface area (Å²) in [5.74, 6) is 0. The van der Waals surface area contributed by atoms with Gasteiger partial charge in [-0.25, -0.2) is 0 Å². The Morgan fingerprint density at radius 3 is 1.21 bits per heavy atom. The summed E-state index contributed by atoms with van der Waals surface area (Å²) in [7, 11) is -1.94. The third-order valence-corrected chi connectivity index (χ3v) is 9.77. The van der Waals surface area contributed by atoms with Crippen molar-refractivity contribution in [1.82, 2.24) is 0 Å². The van der Waals surface area contributed by atoms with Crippen molar-refractivity contribution in [2.75, 3.05) is 6.16 Å². The van der Waals surface area contributed by atoms with E-state index in [1.807, 2.05) is 0 Å². The molecule has 2 heteroatoms. The molecular formula is C22H26IP. The van der Waals surface area contributed by atoms with Crippen LogP contribution in [0.2, 0.25) is 0 Å². The Morgan fingerprint density at radius 2 is 0.917 bits per heavy atom. The van der Waals surface area contributed by atoms with Crippen molar-refractivity contribution in [1.29, 1.82) is 0 Å². The van der Waals surface area contributed by atoms with E-state index in [4.69, 9.17) is 0 Å². The monoisotopic (exact) mass is 448 g/mol. The molecule has 0 unspecified atom stereocenters. The zero-order valence-corrected chi connectivity index (χ0v) is 17.5. The second-order valence-corrected chi connectivity index (χ2v) is 10.1. The van der Waals surface area contributed by atoms with E-state index in [1.54, 1.807) is 0 Å². The Bertz CT molecular complexity index is 614. The molecule has 0 heterocycles. The van der Waals surface area contributed by atoms with Crippen molar-refractivity contribution in [3.8, 4) is 0 Å². The smallest absolute Gasteiger partial charge is 0.107 e. The van der Waals surface area contributed by atoms with E-state index < -0.39 is 7.26 Å². The van der Waals surface area contributed by atoms with Crippen LogP contribution in [0.4, 0.5) is 0 Å². The zero-order chi connectivity index (χ0) is 16.0. The van der Waals surface area contributed by atoms with Crippen LogP contribution >= 0.6 is 31.2 Å². The second kappa shape index (κ2) is 9.34. The number of unbranched alkanes of at least 4 members (excludes halogenated alkanes) is 1. The van der Waals surface area contributed by atoms with E-state index in [2.05, 4.69) is 97.9 Å². The number of halogens is 1. The van der Waals surface area contributed by atoms with Crippen LogP contribution in [0.3, 0.4) is 0 Å². The van der Waals surface area contributed by atoms with Gasteiger partial charge in [-0.05, 0) is 0 Å². The molecule has 0 aliphatic rings. The molecule has 0 fully saturated rings. The number of rotatable bonds is 6. The van der Waals surface area contributed by atoms with Crippen LogP contribution in [0.15, 0.2) is 91.0 Å². The van der Waals surface area contributed by atoms with Crippen LogP contribution in [-0.4, -0.2) is 6.16 Å². The first-order valence-electron chi connectivity index (χ1n) is 8.54. The molecular weight excluding hydrogens is 422 g/mol. The summed E-state index contributed by atoms with van der Waals surface area (Å²) in [6.07, 6.45) is 3.77. The van der Waals surface area contributed by atoms with Gasteiger partial charge in [0.2, 0.25) is 0 Å². The standard InChI is InChI=1S/C22H25P.HI/c1-2-3-19-23(20-13-7-4-8-14-20,21-15-9-5-10-16-21)22-17-11-6-12-18-22;/h4-18,23H,2-3,19H2,1H3;1H. The third-order valence-electron chi connectivity index (χ3n) is 4.71. The van der Waals surface area contributed by atoms with Crippen LogP contribution in [0.25, 0.3) is 0 Å². The van der Waals surface area contributed by atoms with Crippen molar-refractivity contribution in [3.63, 3.8) is 0 Å². The Kier molecular flexibility index (Phi) is 7.45. The van der Waals surface area contributed by atoms with Gasteiger partial charge >= 0.3 is 140 Å². The SMILES string of the molecule is CCCC[PH](c1ccccc1)(c1ccccc1)c1ccccc1.I. The topological polar surface area (TPSA) is 0 Å². The fourth-order valence-electron chi connectivity index (χ4n) is 3.54. The predicted molar refractivity (Wildman–Crippen MR) is 122 cm³/mol. The van der Waals surface area contributed by atoms with Crippen molar-refractivity contribution < 1.29 is 0 Å². The maximum atomic E-state index is 2.34. The van der Waals surface area contributed by atoms with Gasteiger partial charge in [-0.3, -0.25) is 0 Å². The first kappa shape index (κ1) is 19.1. The van der Waals surface area contributed by atoms with Gasteiger partial charge in [-0.1, -0.05) is 0 Å². The van der Waals surface area contributed by atoms with Crippen LogP contribution in [0.5, 0.6) is 0 Å². The van der Waals surface area contributed by atoms with Gasteiger partial charge in [0.15, 0.2) is 0 Å². The minimum absolute atomic E-state index is 0. The predicted octanol–water partition coefficient (Wildman–Crippen LogP) is 5.13. The first-order valence-corrected chi connectivity index (χ1v) is 10.7. The van der Waals surface area contributed by atoms with Gasteiger partial charge in [-0.15, -0.1) is 24.0 Å². The van der Waals surface area contributed by atoms with Crippen molar-refractivity contribution >= 4 is 47.2 Å². The van der Waals surface area contributed by atoms with Gasteiger partial charge in [0, 0.05) is 0 Å². The largest absolute Gasteiger partial charge is 0.107 e. The molecule has 0 spiro atoms. The quantitative estimate of drug-likeness (QED) is 0.362. The minimum Gasteiger partial charge on any atom is -0.107 e. The summed E-state index contributed by atoms with van der Waals surface area (Å²) < 4.78 is 0. The molecule has 0 amide bonds. The van der Waals surface area contributed by atoms with Gasteiger partial charge < -0.3 is 0 Å². The number of benzene rings is 3. The second-order valence-electron chi connectivity index (χ2n) is 6.11. The van der Waals surface area contributed by atoms with Crippen molar-refractivity contribution in [2.24, 2.45) is 0 Å². The number of hydrogen-bond acceptors (Lipinski definition) is 0. The van der Waals surface area contributed by atoms with Gasteiger partial charge in [0.05, 0.1) is 0 Å². The fourth-order valence-corrected chi connectivity index (χ4v) is 8.58. The van der Waals surface area contributed by atoms with E-state index in [-0.39, 0.29) is 24.0 Å². The normalized spacial score (nSPS) is 11.5. The maximum Gasteiger partial charge on any atom is -0.107 e. The fraction of sp³-hybridized carbons (Fsp3) is 0.182. The van der Waals surface area contributed by atoms with Crippen LogP contribution in [0, 0.1) is 0 Å². The average molecular weight is 448 g/mol. The summed E-state index contributed by atoms with van der Waals surface area (Å²) in [4.78, 5) is 0. The van der Waals surface area contributed by atoms with Crippen LogP contribution in [0.1, 0.15) is 19.8 Å². The first-order chi connectivity index (χ1) is 11.4. The van der Waals surface area contributed by atoms with E-state index >= 15 is 0 Å². The van der Waals surface area contributed by atoms with Gasteiger partial charge in [-0.2, -0.15) is 0 Å². The van der Waals surface area contributed by atoms with Crippen molar-refractivity contribution in [2.45, 2.75) is 19.8 Å².